The molecule has 2 atom stereocenters. The van der Waals surface area contributed by atoms with Crippen molar-refractivity contribution in [1.29, 1.82) is 0 Å². The fraction of sp³-hybridized carbons (Fsp3) is 1.00. The lowest BCUT2D eigenvalue weighted by Gasteiger charge is -2.50. The molecule has 54 valence electrons. The molecule has 1 aliphatic rings. The molecule has 0 nitrogen and oxygen atoms in total. The van der Waals surface area contributed by atoms with E-state index in [-0.39, 0.29) is 0 Å². The minimum Gasteiger partial charge on any atom is -0.0651 e. The van der Waals surface area contributed by atoms with Crippen LogP contribution < -0.4 is 0 Å². The highest BCUT2D eigenvalue weighted by Crippen LogP contribution is 2.51. The van der Waals surface area contributed by atoms with Crippen LogP contribution in [0.25, 0.3) is 0 Å². The molecule has 0 heteroatoms. The van der Waals surface area contributed by atoms with E-state index in [4.69, 9.17) is 0 Å². The summed E-state index contributed by atoms with van der Waals surface area (Å²) in [5.41, 5.74) is 0.653. The van der Waals surface area contributed by atoms with Crippen molar-refractivity contribution in [3.8, 4) is 0 Å². The summed E-state index contributed by atoms with van der Waals surface area (Å²) in [6.45, 7) is 9.45. The Morgan fingerprint density at radius 1 is 1.44 bits per heavy atom. The minimum atomic E-state index is 0.653. The van der Waals surface area contributed by atoms with Crippen LogP contribution in [0.3, 0.4) is 0 Å². The van der Waals surface area contributed by atoms with Crippen LogP contribution in [0.15, 0.2) is 0 Å². The topological polar surface area (TPSA) is 0 Å². The third kappa shape index (κ3) is 0.997. The Hall–Kier alpha value is 0. The number of rotatable bonds is 1. The third-order valence-corrected chi connectivity index (χ3v) is 3.25. The van der Waals surface area contributed by atoms with Gasteiger partial charge in [-0.3, -0.25) is 0 Å². The van der Waals surface area contributed by atoms with Crippen LogP contribution in [0, 0.1) is 17.3 Å². The summed E-state index contributed by atoms with van der Waals surface area (Å²) in [6.07, 6.45) is 2.83. The summed E-state index contributed by atoms with van der Waals surface area (Å²) in [5, 5.41) is 0. The van der Waals surface area contributed by atoms with E-state index in [0.717, 1.165) is 11.8 Å². The largest absolute Gasteiger partial charge is 0.0651 e. The Kier molecular flexibility index (Phi) is 1.58. The molecular weight excluding hydrogens is 108 g/mol. The Bertz CT molecular complexity index is 103. The Labute approximate surface area is 58.7 Å². The van der Waals surface area contributed by atoms with Gasteiger partial charge in [-0.1, -0.05) is 34.1 Å². The smallest absolute Gasteiger partial charge is 0.0323 e. The van der Waals surface area contributed by atoms with E-state index in [0.29, 0.717) is 5.41 Å². The van der Waals surface area contributed by atoms with Gasteiger partial charge in [-0.05, 0) is 23.7 Å². The van der Waals surface area contributed by atoms with Crippen molar-refractivity contribution in [1.82, 2.24) is 0 Å². The fourth-order valence-corrected chi connectivity index (χ4v) is 2.01. The van der Waals surface area contributed by atoms with E-state index in [2.05, 4.69) is 27.7 Å². The van der Waals surface area contributed by atoms with E-state index >= 15 is 0 Å². The predicted octanol–water partition coefficient (Wildman–Crippen LogP) is 3.08. The van der Waals surface area contributed by atoms with E-state index in [1.807, 2.05) is 0 Å². The monoisotopic (exact) mass is 126 g/mol. The lowest BCUT2D eigenvalue weighted by molar-refractivity contribution is 0.000886. The zero-order valence-electron chi connectivity index (χ0n) is 7.07. The second kappa shape index (κ2) is 2.00. The van der Waals surface area contributed by atoms with Crippen molar-refractivity contribution >= 4 is 0 Å². The zero-order valence-corrected chi connectivity index (χ0v) is 7.07. The lowest BCUT2D eigenvalue weighted by Crippen LogP contribution is -2.41. The van der Waals surface area contributed by atoms with Crippen molar-refractivity contribution in [2.45, 2.75) is 40.5 Å². The number of hydrogen-bond acceptors (Lipinski definition) is 0. The van der Waals surface area contributed by atoms with Crippen molar-refractivity contribution in [2.24, 2.45) is 17.3 Å². The maximum atomic E-state index is 2.39. The van der Waals surface area contributed by atoms with Crippen LogP contribution in [0.5, 0.6) is 0 Å². The van der Waals surface area contributed by atoms with E-state index in [1.165, 1.54) is 12.8 Å². The van der Waals surface area contributed by atoms with Gasteiger partial charge in [0, 0.05) is 0 Å². The van der Waals surface area contributed by atoms with Gasteiger partial charge in [0.05, 0.1) is 0 Å². The summed E-state index contributed by atoms with van der Waals surface area (Å²) in [5.74, 6) is 1.99. The molecule has 0 radical (unpaired) electrons. The molecule has 0 heterocycles. The summed E-state index contributed by atoms with van der Waals surface area (Å²) in [4.78, 5) is 0. The highest BCUT2D eigenvalue weighted by Gasteiger charge is 2.42. The molecule has 0 aromatic carbocycles. The van der Waals surface area contributed by atoms with Gasteiger partial charge in [-0.15, -0.1) is 0 Å². The van der Waals surface area contributed by atoms with Crippen LogP contribution in [0.1, 0.15) is 40.5 Å². The van der Waals surface area contributed by atoms with Crippen LogP contribution in [-0.4, -0.2) is 0 Å². The first-order chi connectivity index (χ1) is 4.08. The molecule has 0 aromatic rings. The summed E-state index contributed by atoms with van der Waals surface area (Å²) < 4.78 is 0. The summed E-state index contributed by atoms with van der Waals surface area (Å²) in [7, 11) is 0. The maximum absolute atomic E-state index is 2.39. The first kappa shape index (κ1) is 7.11. The quantitative estimate of drug-likeness (QED) is 0.506. The normalized spacial score (nSPS) is 40.0. The predicted molar refractivity (Wildman–Crippen MR) is 41.3 cm³/mol. The standard InChI is InChI=1S/C9H18/c1-5-8-6-9(3,4)7(8)2/h7-8H,5-6H2,1-4H3. The Morgan fingerprint density at radius 2 is 2.00 bits per heavy atom. The van der Waals surface area contributed by atoms with Crippen LogP contribution in [0.4, 0.5) is 0 Å². The van der Waals surface area contributed by atoms with Gasteiger partial charge in [-0.2, -0.15) is 0 Å². The zero-order chi connectivity index (χ0) is 7.07. The molecule has 0 saturated heterocycles. The lowest BCUT2D eigenvalue weighted by atomic mass is 9.56. The van der Waals surface area contributed by atoms with Crippen molar-refractivity contribution in [3.05, 3.63) is 0 Å². The van der Waals surface area contributed by atoms with Gasteiger partial charge >= 0.3 is 0 Å². The van der Waals surface area contributed by atoms with Gasteiger partial charge in [0.1, 0.15) is 0 Å². The van der Waals surface area contributed by atoms with E-state index in [9.17, 15) is 0 Å². The Balaban J connectivity index is 2.41. The second-order valence-corrected chi connectivity index (χ2v) is 4.15. The molecule has 0 amide bonds. The molecule has 1 rings (SSSR count). The van der Waals surface area contributed by atoms with Gasteiger partial charge in [-0.25, -0.2) is 0 Å². The second-order valence-electron chi connectivity index (χ2n) is 4.15. The van der Waals surface area contributed by atoms with Crippen molar-refractivity contribution < 1.29 is 0 Å². The van der Waals surface area contributed by atoms with Crippen LogP contribution >= 0.6 is 0 Å². The van der Waals surface area contributed by atoms with Gasteiger partial charge in [0.25, 0.3) is 0 Å². The Morgan fingerprint density at radius 3 is 2.11 bits per heavy atom. The average molecular weight is 126 g/mol. The molecule has 9 heavy (non-hydrogen) atoms. The van der Waals surface area contributed by atoms with Gasteiger partial charge < -0.3 is 0 Å². The SMILES string of the molecule is CCC1CC(C)(C)C1C. The molecule has 0 bridgehead atoms. The molecule has 2 unspecified atom stereocenters. The van der Waals surface area contributed by atoms with Crippen molar-refractivity contribution in [2.75, 3.05) is 0 Å². The molecular formula is C9H18. The average Bonchev–Trinajstić information content (AvgIpc) is 1.82. The molecule has 1 saturated carbocycles. The minimum absolute atomic E-state index is 0.653. The molecule has 0 aliphatic heterocycles. The van der Waals surface area contributed by atoms with E-state index in [1.54, 1.807) is 0 Å². The molecule has 0 N–H and O–H groups in total. The first-order valence-corrected chi connectivity index (χ1v) is 4.08. The summed E-state index contributed by atoms with van der Waals surface area (Å²) >= 11 is 0. The molecule has 1 aliphatic carbocycles. The van der Waals surface area contributed by atoms with Gasteiger partial charge in [0.2, 0.25) is 0 Å². The molecule has 0 spiro atoms. The van der Waals surface area contributed by atoms with Gasteiger partial charge in [0.15, 0.2) is 0 Å². The van der Waals surface area contributed by atoms with Crippen molar-refractivity contribution in [3.63, 3.8) is 0 Å². The van der Waals surface area contributed by atoms with Crippen LogP contribution in [0.2, 0.25) is 0 Å². The highest BCUT2D eigenvalue weighted by atomic mass is 14.5. The fourth-order valence-electron chi connectivity index (χ4n) is 2.01. The molecule has 1 fully saturated rings. The highest BCUT2D eigenvalue weighted by molar-refractivity contribution is 4.92. The maximum Gasteiger partial charge on any atom is -0.0323 e. The summed E-state index contributed by atoms with van der Waals surface area (Å²) in [6, 6.07) is 0. The molecule has 0 aromatic heterocycles. The third-order valence-electron chi connectivity index (χ3n) is 3.25. The number of hydrogen-bond donors (Lipinski definition) is 0. The van der Waals surface area contributed by atoms with E-state index < -0.39 is 0 Å². The van der Waals surface area contributed by atoms with Crippen LogP contribution in [-0.2, 0) is 0 Å². The first-order valence-electron chi connectivity index (χ1n) is 4.08.